The topological polar surface area (TPSA) is 38.1 Å². The van der Waals surface area contributed by atoms with Gasteiger partial charge in [-0.2, -0.15) is 18.3 Å². The Labute approximate surface area is 137 Å². The molecule has 1 saturated carbocycles. The molecule has 0 aliphatic heterocycles. The zero-order valence-corrected chi connectivity index (χ0v) is 13.4. The molecule has 4 nitrogen and oxygen atoms in total. The van der Waals surface area contributed by atoms with Gasteiger partial charge in [-0.1, -0.05) is 18.2 Å². The van der Waals surface area contributed by atoms with Crippen LogP contribution >= 0.6 is 0 Å². The smallest absolute Gasteiger partial charge is 0.341 e. The molecule has 0 N–H and O–H groups in total. The van der Waals surface area contributed by atoms with Crippen molar-refractivity contribution in [3.8, 4) is 0 Å². The normalized spacial score (nSPS) is 20.0. The second kappa shape index (κ2) is 5.96. The van der Waals surface area contributed by atoms with Crippen LogP contribution in [0, 0.1) is 5.92 Å². The van der Waals surface area contributed by atoms with E-state index >= 15 is 0 Å². The molecule has 0 spiro atoms. The summed E-state index contributed by atoms with van der Waals surface area (Å²) in [6.07, 6.45) is -0.447. The van der Waals surface area contributed by atoms with Crippen molar-refractivity contribution in [1.82, 2.24) is 14.7 Å². The van der Waals surface area contributed by atoms with Crippen molar-refractivity contribution in [3.63, 3.8) is 0 Å². The van der Waals surface area contributed by atoms with Gasteiger partial charge in [0, 0.05) is 38.3 Å². The molecular formula is C17H18F3N3O. The lowest BCUT2D eigenvalue weighted by molar-refractivity contribution is -0.138. The number of carbonyl (C=O) groups excluding carboxylic acids is 1. The Bertz CT molecular complexity index is 754. The highest BCUT2D eigenvalue weighted by atomic mass is 19.4. The minimum absolute atomic E-state index is 0.124. The third-order valence-corrected chi connectivity index (χ3v) is 4.33. The van der Waals surface area contributed by atoms with E-state index in [0.29, 0.717) is 13.0 Å². The molecule has 1 aromatic heterocycles. The predicted molar refractivity (Wildman–Crippen MR) is 82.0 cm³/mol. The summed E-state index contributed by atoms with van der Waals surface area (Å²) in [5, 5.41) is 4.04. The Kier molecular flexibility index (Phi) is 4.11. The van der Waals surface area contributed by atoms with E-state index < -0.39 is 11.7 Å². The van der Waals surface area contributed by atoms with E-state index in [4.69, 9.17) is 0 Å². The number of rotatable bonds is 4. The molecule has 1 aliphatic rings. The van der Waals surface area contributed by atoms with Crippen molar-refractivity contribution in [2.75, 3.05) is 7.05 Å². The maximum absolute atomic E-state index is 13.1. The fourth-order valence-electron chi connectivity index (χ4n) is 3.08. The largest absolute Gasteiger partial charge is 0.416 e. The molecule has 2 aromatic rings. The first kappa shape index (κ1) is 16.5. The number of aryl methyl sites for hydroxylation is 1. The van der Waals surface area contributed by atoms with Crippen LogP contribution in [0.5, 0.6) is 0 Å². The molecule has 7 heteroatoms. The molecule has 1 aliphatic carbocycles. The highest BCUT2D eigenvalue weighted by Gasteiger charge is 2.48. The summed E-state index contributed by atoms with van der Waals surface area (Å²) in [4.78, 5) is 14.0. The Morgan fingerprint density at radius 3 is 2.71 bits per heavy atom. The van der Waals surface area contributed by atoms with Crippen LogP contribution < -0.4 is 0 Å². The van der Waals surface area contributed by atoms with Crippen molar-refractivity contribution < 1.29 is 18.0 Å². The van der Waals surface area contributed by atoms with E-state index in [2.05, 4.69) is 5.10 Å². The average Bonchev–Trinajstić information content (AvgIpc) is 3.22. The number of benzene rings is 1. The maximum atomic E-state index is 13.1. The van der Waals surface area contributed by atoms with Crippen LogP contribution in [0.4, 0.5) is 13.2 Å². The number of nitrogens with zero attached hydrogens (tertiary/aromatic N) is 3. The van der Waals surface area contributed by atoms with Gasteiger partial charge in [0.1, 0.15) is 0 Å². The van der Waals surface area contributed by atoms with E-state index in [9.17, 15) is 18.0 Å². The highest BCUT2D eigenvalue weighted by molar-refractivity contribution is 5.83. The molecule has 0 radical (unpaired) electrons. The highest BCUT2D eigenvalue weighted by Crippen LogP contribution is 2.51. The molecule has 1 fully saturated rings. The third kappa shape index (κ3) is 3.29. The van der Waals surface area contributed by atoms with Gasteiger partial charge in [0.15, 0.2) is 0 Å². The van der Waals surface area contributed by atoms with Gasteiger partial charge in [-0.15, -0.1) is 0 Å². The van der Waals surface area contributed by atoms with Crippen LogP contribution in [0.3, 0.4) is 0 Å². The number of alkyl halides is 3. The van der Waals surface area contributed by atoms with Gasteiger partial charge < -0.3 is 4.90 Å². The summed E-state index contributed by atoms with van der Waals surface area (Å²) in [7, 11) is 3.46. The molecule has 3 rings (SSSR count). The lowest BCUT2D eigenvalue weighted by atomic mass is 10.0. The summed E-state index contributed by atoms with van der Waals surface area (Å²) >= 11 is 0. The monoisotopic (exact) mass is 337 g/mol. The number of hydrogen-bond donors (Lipinski definition) is 0. The minimum atomic E-state index is -4.39. The van der Waals surface area contributed by atoms with Crippen LogP contribution in [0.1, 0.15) is 29.0 Å². The quantitative estimate of drug-likeness (QED) is 0.859. The molecule has 24 heavy (non-hydrogen) atoms. The number of halogens is 3. The summed E-state index contributed by atoms with van der Waals surface area (Å²) in [6, 6.07) is 5.51. The zero-order chi connectivity index (χ0) is 17.5. The lowest BCUT2D eigenvalue weighted by Gasteiger charge is -2.17. The number of aromatic nitrogens is 2. The Morgan fingerprint density at radius 2 is 2.08 bits per heavy atom. The van der Waals surface area contributed by atoms with E-state index in [1.54, 1.807) is 35.9 Å². The molecule has 0 bridgehead atoms. The summed E-state index contributed by atoms with van der Waals surface area (Å²) in [5.41, 5.74) is 0.472. The van der Waals surface area contributed by atoms with Gasteiger partial charge in [-0.25, -0.2) is 0 Å². The first-order valence-corrected chi connectivity index (χ1v) is 7.66. The van der Waals surface area contributed by atoms with Crippen LogP contribution in [-0.4, -0.2) is 27.6 Å². The number of amides is 1. The van der Waals surface area contributed by atoms with Gasteiger partial charge in [0.25, 0.3) is 0 Å². The minimum Gasteiger partial charge on any atom is -0.341 e. The van der Waals surface area contributed by atoms with Crippen LogP contribution in [0.2, 0.25) is 0 Å². The molecule has 1 aromatic carbocycles. The van der Waals surface area contributed by atoms with Gasteiger partial charge in [-0.3, -0.25) is 9.48 Å². The molecular weight excluding hydrogens is 319 g/mol. The second-order valence-electron chi connectivity index (χ2n) is 6.25. The Balaban J connectivity index is 1.70. The molecule has 128 valence electrons. The first-order valence-electron chi connectivity index (χ1n) is 7.66. The van der Waals surface area contributed by atoms with Crippen LogP contribution in [0.25, 0.3) is 0 Å². The molecule has 0 saturated heterocycles. The van der Waals surface area contributed by atoms with E-state index in [0.717, 1.165) is 11.6 Å². The van der Waals surface area contributed by atoms with Crippen LogP contribution in [0.15, 0.2) is 36.7 Å². The first-order chi connectivity index (χ1) is 11.3. The third-order valence-electron chi connectivity index (χ3n) is 4.33. The van der Waals surface area contributed by atoms with Gasteiger partial charge in [0.05, 0.1) is 11.8 Å². The van der Waals surface area contributed by atoms with Crippen molar-refractivity contribution in [1.29, 1.82) is 0 Å². The molecule has 2 atom stereocenters. The zero-order valence-electron chi connectivity index (χ0n) is 13.4. The number of carbonyl (C=O) groups is 1. The van der Waals surface area contributed by atoms with Gasteiger partial charge in [0.2, 0.25) is 5.91 Å². The molecule has 2 unspecified atom stereocenters. The van der Waals surface area contributed by atoms with Crippen molar-refractivity contribution in [2.45, 2.75) is 25.1 Å². The van der Waals surface area contributed by atoms with E-state index in [1.807, 2.05) is 6.20 Å². The fourth-order valence-corrected chi connectivity index (χ4v) is 3.08. The summed E-state index contributed by atoms with van der Waals surface area (Å²) in [6.45, 7) is 0.400. The van der Waals surface area contributed by atoms with Gasteiger partial charge in [-0.05, 0) is 24.0 Å². The summed E-state index contributed by atoms with van der Waals surface area (Å²) in [5.74, 6) is -0.859. The van der Waals surface area contributed by atoms with Crippen molar-refractivity contribution >= 4 is 5.91 Å². The standard InChI is InChI=1S/C17H18F3N3O/c1-22(9-11-8-21-23(2)10-11)16(24)14-7-13(14)12-5-3-4-6-15(12)17(18,19)20/h3-6,8,10,13-14H,7,9H2,1-2H3. The summed E-state index contributed by atoms with van der Waals surface area (Å²) < 4.78 is 41.0. The van der Waals surface area contributed by atoms with E-state index in [-0.39, 0.29) is 23.3 Å². The second-order valence-corrected chi connectivity index (χ2v) is 6.25. The predicted octanol–water partition coefficient (Wildman–Crippen LogP) is 3.20. The Morgan fingerprint density at radius 1 is 1.38 bits per heavy atom. The molecule has 1 heterocycles. The fraction of sp³-hybridized carbons (Fsp3) is 0.412. The maximum Gasteiger partial charge on any atom is 0.416 e. The lowest BCUT2D eigenvalue weighted by Crippen LogP contribution is -2.28. The Hall–Kier alpha value is -2.31. The molecule has 1 amide bonds. The average molecular weight is 337 g/mol. The van der Waals surface area contributed by atoms with Crippen molar-refractivity contribution in [2.24, 2.45) is 13.0 Å². The number of hydrogen-bond acceptors (Lipinski definition) is 2. The van der Waals surface area contributed by atoms with Gasteiger partial charge >= 0.3 is 6.18 Å². The van der Waals surface area contributed by atoms with Crippen LogP contribution in [-0.2, 0) is 24.6 Å². The van der Waals surface area contributed by atoms with Crippen molar-refractivity contribution in [3.05, 3.63) is 53.3 Å². The van der Waals surface area contributed by atoms with E-state index in [1.165, 1.54) is 12.1 Å². The SMILES string of the molecule is CN(Cc1cnn(C)c1)C(=O)C1CC1c1ccccc1C(F)(F)F.